The van der Waals surface area contributed by atoms with Crippen LogP contribution in [0.15, 0.2) is 30.3 Å². The van der Waals surface area contributed by atoms with Crippen molar-refractivity contribution in [1.82, 2.24) is 10.6 Å². The minimum absolute atomic E-state index is 0.00882. The Labute approximate surface area is 125 Å². The fraction of sp³-hybridized carbons (Fsp3) is 0.500. The molecule has 5 heteroatoms. The van der Waals surface area contributed by atoms with Crippen molar-refractivity contribution >= 4 is 11.8 Å². The summed E-state index contributed by atoms with van der Waals surface area (Å²) in [5.41, 5.74) is 6.99. The smallest absolute Gasteiger partial charge is 0.239 e. The van der Waals surface area contributed by atoms with Crippen molar-refractivity contribution in [2.75, 3.05) is 6.54 Å². The number of rotatable bonds is 5. The van der Waals surface area contributed by atoms with Crippen LogP contribution >= 0.6 is 0 Å². The molecule has 114 valence electrons. The minimum atomic E-state index is -0.184. The third-order valence-corrected chi connectivity index (χ3v) is 3.91. The summed E-state index contributed by atoms with van der Waals surface area (Å²) in [6, 6.07) is 9.59. The average molecular weight is 289 g/mol. The summed E-state index contributed by atoms with van der Waals surface area (Å²) in [4.78, 5) is 23.7. The first-order valence-electron chi connectivity index (χ1n) is 7.50. The number of carbonyl (C=O) groups excluding carboxylic acids is 2. The van der Waals surface area contributed by atoms with Crippen molar-refractivity contribution < 1.29 is 9.59 Å². The predicted molar refractivity (Wildman–Crippen MR) is 81.2 cm³/mol. The quantitative estimate of drug-likeness (QED) is 0.754. The molecule has 0 aliphatic heterocycles. The van der Waals surface area contributed by atoms with Crippen molar-refractivity contribution in [1.29, 1.82) is 0 Å². The molecular formula is C16H23N3O2. The average Bonchev–Trinajstić information content (AvgIpc) is 2.52. The second-order valence-corrected chi connectivity index (χ2v) is 5.53. The fourth-order valence-corrected chi connectivity index (χ4v) is 2.64. The molecule has 2 unspecified atom stereocenters. The predicted octanol–water partition coefficient (Wildman–Crippen LogP) is 0.937. The molecule has 1 aromatic rings. The van der Waals surface area contributed by atoms with Crippen LogP contribution in [0, 0.1) is 5.92 Å². The molecular weight excluding hydrogens is 266 g/mol. The van der Waals surface area contributed by atoms with Gasteiger partial charge in [0, 0.05) is 12.6 Å². The van der Waals surface area contributed by atoms with Gasteiger partial charge in [-0.05, 0) is 18.4 Å². The largest absolute Gasteiger partial charge is 0.350 e. The first-order chi connectivity index (χ1) is 10.2. The van der Waals surface area contributed by atoms with Crippen LogP contribution in [0.1, 0.15) is 31.2 Å². The molecule has 0 bridgehead atoms. The van der Waals surface area contributed by atoms with E-state index in [0.717, 1.165) is 31.2 Å². The lowest BCUT2D eigenvalue weighted by Crippen LogP contribution is -2.46. The lowest BCUT2D eigenvalue weighted by Gasteiger charge is -2.27. The maximum absolute atomic E-state index is 12.0. The van der Waals surface area contributed by atoms with E-state index in [0.29, 0.717) is 6.54 Å². The maximum Gasteiger partial charge on any atom is 0.239 e. The second-order valence-electron chi connectivity index (χ2n) is 5.53. The Morgan fingerprint density at radius 2 is 1.81 bits per heavy atom. The van der Waals surface area contributed by atoms with E-state index < -0.39 is 0 Å². The van der Waals surface area contributed by atoms with Gasteiger partial charge in [0.15, 0.2) is 0 Å². The third-order valence-electron chi connectivity index (χ3n) is 3.91. The lowest BCUT2D eigenvalue weighted by molar-refractivity contribution is -0.129. The number of nitrogens with two attached hydrogens (primary N) is 1. The number of carbonyl (C=O) groups is 2. The molecule has 1 aliphatic rings. The van der Waals surface area contributed by atoms with E-state index in [-0.39, 0.29) is 30.3 Å². The summed E-state index contributed by atoms with van der Waals surface area (Å²) in [6.45, 7) is 0.480. The van der Waals surface area contributed by atoms with Crippen LogP contribution in [-0.4, -0.2) is 24.4 Å². The minimum Gasteiger partial charge on any atom is -0.350 e. The lowest BCUT2D eigenvalue weighted by atomic mass is 9.84. The first kappa shape index (κ1) is 15.5. The van der Waals surface area contributed by atoms with Gasteiger partial charge >= 0.3 is 0 Å². The summed E-state index contributed by atoms with van der Waals surface area (Å²) in [6.07, 6.45) is 3.82. The zero-order valence-electron chi connectivity index (χ0n) is 12.2. The normalized spacial score (nSPS) is 21.6. The van der Waals surface area contributed by atoms with Crippen LogP contribution in [0.25, 0.3) is 0 Å². The Hall–Kier alpha value is -1.88. The Morgan fingerprint density at radius 3 is 2.52 bits per heavy atom. The van der Waals surface area contributed by atoms with Gasteiger partial charge in [0.25, 0.3) is 0 Å². The summed E-state index contributed by atoms with van der Waals surface area (Å²) in [5.74, 6) is -0.436. The molecule has 1 aromatic carbocycles. The highest BCUT2D eigenvalue weighted by atomic mass is 16.2. The van der Waals surface area contributed by atoms with Crippen molar-refractivity contribution in [3.8, 4) is 0 Å². The highest BCUT2D eigenvalue weighted by Gasteiger charge is 2.28. The van der Waals surface area contributed by atoms with Gasteiger partial charge in [-0.15, -0.1) is 0 Å². The van der Waals surface area contributed by atoms with Crippen LogP contribution in [0.3, 0.4) is 0 Å². The molecule has 2 atom stereocenters. The van der Waals surface area contributed by atoms with Crippen LogP contribution in [-0.2, 0) is 16.1 Å². The number of hydrogen-bond donors (Lipinski definition) is 3. The Balaban J connectivity index is 1.69. The monoisotopic (exact) mass is 289 g/mol. The summed E-state index contributed by atoms with van der Waals surface area (Å²) in [5, 5.41) is 5.47. The molecule has 0 heterocycles. The molecule has 1 saturated carbocycles. The van der Waals surface area contributed by atoms with E-state index in [1.165, 1.54) is 0 Å². The number of nitrogens with one attached hydrogen (secondary N) is 2. The van der Waals surface area contributed by atoms with Gasteiger partial charge in [0.1, 0.15) is 0 Å². The summed E-state index contributed by atoms with van der Waals surface area (Å²) in [7, 11) is 0. The molecule has 5 nitrogen and oxygen atoms in total. The van der Waals surface area contributed by atoms with Gasteiger partial charge in [-0.25, -0.2) is 0 Å². The van der Waals surface area contributed by atoms with E-state index in [9.17, 15) is 9.59 Å². The maximum atomic E-state index is 12.0. The highest BCUT2D eigenvalue weighted by molar-refractivity contribution is 5.86. The van der Waals surface area contributed by atoms with Crippen LogP contribution in [0.5, 0.6) is 0 Å². The molecule has 2 amide bonds. The molecule has 4 N–H and O–H groups in total. The summed E-state index contributed by atoms with van der Waals surface area (Å²) >= 11 is 0. The van der Waals surface area contributed by atoms with E-state index in [2.05, 4.69) is 10.6 Å². The van der Waals surface area contributed by atoms with E-state index in [1.807, 2.05) is 30.3 Å². The highest BCUT2D eigenvalue weighted by Crippen LogP contribution is 2.22. The number of hydrogen-bond acceptors (Lipinski definition) is 3. The van der Waals surface area contributed by atoms with Gasteiger partial charge in [-0.2, -0.15) is 0 Å². The van der Waals surface area contributed by atoms with Gasteiger partial charge in [0.05, 0.1) is 12.5 Å². The molecule has 0 radical (unpaired) electrons. The van der Waals surface area contributed by atoms with Gasteiger partial charge in [-0.3, -0.25) is 9.59 Å². The van der Waals surface area contributed by atoms with E-state index >= 15 is 0 Å². The Bertz CT molecular complexity index is 476. The fourth-order valence-electron chi connectivity index (χ4n) is 2.64. The third kappa shape index (κ3) is 4.86. The molecule has 21 heavy (non-hydrogen) atoms. The zero-order valence-corrected chi connectivity index (χ0v) is 12.2. The van der Waals surface area contributed by atoms with Gasteiger partial charge in [-0.1, -0.05) is 43.2 Å². The standard InChI is InChI=1S/C16H23N3O2/c17-14-9-5-4-8-13(14)16(21)19-11-15(20)18-10-12-6-2-1-3-7-12/h1-3,6-7,13-14H,4-5,8-11,17H2,(H,18,20)(H,19,21). The Morgan fingerprint density at radius 1 is 1.10 bits per heavy atom. The second kappa shape index (κ2) is 7.78. The van der Waals surface area contributed by atoms with Crippen LogP contribution < -0.4 is 16.4 Å². The van der Waals surface area contributed by atoms with Crippen molar-refractivity contribution in [3.05, 3.63) is 35.9 Å². The molecule has 0 spiro atoms. The number of amides is 2. The van der Waals surface area contributed by atoms with Gasteiger partial charge in [0.2, 0.25) is 11.8 Å². The van der Waals surface area contributed by atoms with E-state index in [4.69, 9.17) is 5.73 Å². The van der Waals surface area contributed by atoms with Gasteiger partial charge < -0.3 is 16.4 Å². The van der Waals surface area contributed by atoms with Crippen molar-refractivity contribution in [3.63, 3.8) is 0 Å². The summed E-state index contributed by atoms with van der Waals surface area (Å²) < 4.78 is 0. The molecule has 0 saturated heterocycles. The molecule has 0 aromatic heterocycles. The van der Waals surface area contributed by atoms with Crippen LogP contribution in [0.2, 0.25) is 0 Å². The van der Waals surface area contributed by atoms with Crippen molar-refractivity contribution in [2.45, 2.75) is 38.3 Å². The van der Waals surface area contributed by atoms with Crippen LogP contribution in [0.4, 0.5) is 0 Å². The molecule has 2 rings (SSSR count). The zero-order chi connectivity index (χ0) is 15.1. The Kier molecular flexibility index (Phi) is 5.75. The molecule has 1 fully saturated rings. The number of benzene rings is 1. The molecule has 1 aliphatic carbocycles. The van der Waals surface area contributed by atoms with Crippen molar-refractivity contribution in [2.24, 2.45) is 11.7 Å². The SMILES string of the molecule is NC1CCCCC1C(=O)NCC(=O)NCc1ccccc1. The first-order valence-corrected chi connectivity index (χ1v) is 7.50. The van der Waals surface area contributed by atoms with E-state index in [1.54, 1.807) is 0 Å². The topological polar surface area (TPSA) is 84.2 Å².